The molecule has 8 heteroatoms. The lowest BCUT2D eigenvalue weighted by molar-refractivity contribution is 0.0169. The number of carbonyl (C=O) groups excluding carboxylic acids is 2. The number of carbonyl (C=O) groups is 2. The molecule has 2 rings (SSSR count). The third kappa shape index (κ3) is 6.81. The molecule has 0 bridgehead atoms. The smallest absolute Gasteiger partial charge is 0.410 e. The molecule has 1 aliphatic heterocycles. The minimum absolute atomic E-state index is 0.209. The summed E-state index contributed by atoms with van der Waals surface area (Å²) in [6.45, 7) is 9.05. The third-order valence-corrected chi connectivity index (χ3v) is 4.65. The Morgan fingerprint density at radius 3 is 2.29 bits per heavy atom. The topological polar surface area (TPSA) is 61.9 Å². The SMILES string of the molecule is C[C@@H](C#Cc1ccc(Cl)c(Cl)c1)NC(=O)N1CCN(C(=O)OC(C)(C)C)CC1. The van der Waals surface area contributed by atoms with Crippen LogP contribution in [0.3, 0.4) is 0 Å². The lowest BCUT2D eigenvalue weighted by Crippen LogP contribution is -2.54. The molecule has 1 heterocycles. The van der Waals surface area contributed by atoms with Crippen molar-refractivity contribution in [2.24, 2.45) is 0 Å². The number of urea groups is 1. The fourth-order valence-corrected chi connectivity index (χ4v) is 2.79. The van der Waals surface area contributed by atoms with E-state index < -0.39 is 5.60 Å². The maximum atomic E-state index is 12.4. The normalized spacial score (nSPS) is 15.4. The second-order valence-corrected chi connectivity index (χ2v) is 8.34. The predicted octanol–water partition coefficient (Wildman–Crippen LogP) is 4.00. The maximum Gasteiger partial charge on any atom is 0.410 e. The van der Waals surface area contributed by atoms with E-state index in [2.05, 4.69) is 17.2 Å². The highest BCUT2D eigenvalue weighted by Crippen LogP contribution is 2.22. The molecule has 0 radical (unpaired) electrons. The van der Waals surface area contributed by atoms with Gasteiger partial charge in [-0.3, -0.25) is 0 Å². The largest absolute Gasteiger partial charge is 0.444 e. The highest BCUT2D eigenvalue weighted by Gasteiger charge is 2.27. The molecule has 1 atom stereocenters. The molecule has 152 valence electrons. The number of halogens is 2. The number of nitrogens with one attached hydrogen (secondary N) is 1. The zero-order valence-corrected chi connectivity index (χ0v) is 18.0. The van der Waals surface area contributed by atoms with Crippen LogP contribution in [0.15, 0.2) is 18.2 Å². The molecule has 1 aromatic carbocycles. The van der Waals surface area contributed by atoms with Gasteiger partial charge in [-0.1, -0.05) is 35.0 Å². The zero-order valence-electron chi connectivity index (χ0n) is 16.5. The van der Waals surface area contributed by atoms with Crippen LogP contribution in [-0.4, -0.2) is 59.7 Å². The number of benzene rings is 1. The van der Waals surface area contributed by atoms with E-state index in [9.17, 15) is 9.59 Å². The van der Waals surface area contributed by atoms with Gasteiger partial charge in [0.25, 0.3) is 0 Å². The van der Waals surface area contributed by atoms with Gasteiger partial charge in [0.2, 0.25) is 0 Å². The predicted molar refractivity (Wildman–Crippen MR) is 111 cm³/mol. The molecular formula is C20H25Cl2N3O3. The van der Waals surface area contributed by atoms with Crippen LogP contribution < -0.4 is 5.32 Å². The molecule has 3 amide bonds. The Morgan fingerprint density at radius 1 is 1.11 bits per heavy atom. The molecule has 1 N–H and O–H groups in total. The Morgan fingerprint density at radius 2 is 1.71 bits per heavy atom. The van der Waals surface area contributed by atoms with E-state index in [1.165, 1.54) is 0 Å². The molecule has 0 unspecified atom stereocenters. The zero-order chi connectivity index (χ0) is 20.9. The number of amides is 3. The van der Waals surface area contributed by atoms with Crippen molar-refractivity contribution in [2.75, 3.05) is 26.2 Å². The summed E-state index contributed by atoms with van der Waals surface area (Å²) in [6.07, 6.45) is -0.353. The summed E-state index contributed by atoms with van der Waals surface area (Å²) < 4.78 is 5.36. The molecule has 1 aliphatic rings. The highest BCUT2D eigenvalue weighted by molar-refractivity contribution is 6.42. The average Bonchev–Trinajstić information content (AvgIpc) is 2.61. The molecule has 6 nitrogen and oxygen atoms in total. The van der Waals surface area contributed by atoms with Crippen LogP contribution in [0, 0.1) is 11.8 Å². The monoisotopic (exact) mass is 425 g/mol. The number of nitrogens with zero attached hydrogens (tertiary/aromatic N) is 2. The molecular weight excluding hydrogens is 401 g/mol. The van der Waals surface area contributed by atoms with Gasteiger partial charge in [0, 0.05) is 31.7 Å². The maximum absolute atomic E-state index is 12.4. The number of hydrogen-bond acceptors (Lipinski definition) is 3. The molecule has 0 spiro atoms. The molecule has 0 saturated carbocycles. The summed E-state index contributed by atoms with van der Waals surface area (Å²) in [6, 6.07) is 4.58. The minimum atomic E-state index is -0.534. The molecule has 1 aromatic rings. The van der Waals surface area contributed by atoms with E-state index in [1.807, 2.05) is 20.8 Å². The Bertz CT molecular complexity index is 788. The molecule has 0 aromatic heterocycles. The van der Waals surface area contributed by atoms with Crippen molar-refractivity contribution in [1.29, 1.82) is 0 Å². The van der Waals surface area contributed by atoms with Crippen molar-refractivity contribution in [3.8, 4) is 11.8 Å². The van der Waals surface area contributed by atoms with Crippen molar-refractivity contribution < 1.29 is 14.3 Å². The van der Waals surface area contributed by atoms with E-state index in [0.29, 0.717) is 36.2 Å². The van der Waals surface area contributed by atoms with E-state index in [0.717, 1.165) is 5.56 Å². The van der Waals surface area contributed by atoms with Crippen molar-refractivity contribution in [2.45, 2.75) is 39.3 Å². The second-order valence-electron chi connectivity index (χ2n) is 7.52. The second kappa shape index (κ2) is 9.40. The van der Waals surface area contributed by atoms with Crippen molar-refractivity contribution in [3.63, 3.8) is 0 Å². The first kappa shape index (κ1) is 22.2. The summed E-state index contributed by atoms with van der Waals surface area (Å²) in [5.74, 6) is 5.94. The fourth-order valence-electron chi connectivity index (χ4n) is 2.50. The highest BCUT2D eigenvalue weighted by atomic mass is 35.5. The van der Waals surface area contributed by atoms with E-state index in [-0.39, 0.29) is 18.2 Å². The lowest BCUT2D eigenvalue weighted by Gasteiger charge is -2.35. The van der Waals surface area contributed by atoms with Crippen LogP contribution >= 0.6 is 23.2 Å². The number of ether oxygens (including phenoxy) is 1. The van der Waals surface area contributed by atoms with Gasteiger partial charge in [0.05, 0.1) is 16.1 Å². The first-order valence-electron chi connectivity index (χ1n) is 9.05. The van der Waals surface area contributed by atoms with Gasteiger partial charge >= 0.3 is 12.1 Å². The van der Waals surface area contributed by atoms with Gasteiger partial charge in [-0.15, -0.1) is 0 Å². The Kier molecular flexibility index (Phi) is 7.45. The van der Waals surface area contributed by atoms with E-state index >= 15 is 0 Å². The Labute approximate surface area is 176 Å². The van der Waals surface area contributed by atoms with Crippen LogP contribution in [0.2, 0.25) is 10.0 Å². The van der Waals surface area contributed by atoms with Gasteiger partial charge in [0.15, 0.2) is 0 Å². The van der Waals surface area contributed by atoms with Crippen LogP contribution in [0.1, 0.15) is 33.3 Å². The van der Waals surface area contributed by atoms with Crippen molar-refractivity contribution in [1.82, 2.24) is 15.1 Å². The van der Waals surface area contributed by atoms with Crippen molar-refractivity contribution in [3.05, 3.63) is 33.8 Å². The standard InChI is InChI=1S/C20H25Cl2N3O3/c1-14(5-6-15-7-8-16(21)17(22)13-15)23-18(26)24-9-11-25(12-10-24)19(27)28-20(2,3)4/h7-8,13-14H,9-12H2,1-4H3,(H,23,26)/t14-/m0/s1. The summed E-state index contributed by atoms with van der Waals surface area (Å²) in [4.78, 5) is 27.8. The first-order valence-corrected chi connectivity index (χ1v) is 9.81. The summed E-state index contributed by atoms with van der Waals surface area (Å²) in [5, 5.41) is 3.76. The molecule has 28 heavy (non-hydrogen) atoms. The quantitative estimate of drug-likeness (QED) is 0.691. The Balaban J connectivity index is 1.83. The Hall–Kier alpha value is -2.10. The van der Waals surface area contributed by atoms with Gasteiger partial charge in [-0.25, -0.2) is 9.59 Å². The van der Waals surface area contributed by atoms with Gasteiger partial charge < -0.3 is 19.9 Å². The number of piperazine rings is 1. The van der Waals surface area contributed by atoms with Crippen molar-refractivity contribution >= 4 is 35.3 Å². The molecule has 1 fully saturated rings. The first-order chi connectivity index (χ1) is 13.0. The summed E-state index contributed by atoms with van der Waals surface area (Å²) >= 11 is 11.9. The summed E-state index contributed by atoms with van der Waals surface area (Å²) in [5.41, 5.74) is 0.190. The molecule has 0 aliphatic carbocycles. The van der Waals surface area contributed by atoms with E-state index in [4.69, 9.17) is 27.9 Å². The van der Waals surface area contributed by atoms with Crippen LogP contribution in [0.5, 0.6) is 0 Å². The molecule has 1 saturated heterocycles. The average molecular weight is 426 g/mol. The lowest BCUT2D eigenvalue weighted by atomic mass is 10.2. The van der Waals surface area contributed by atoms with Crippen LogP contribution in [0.25, 0.3) is 0 Å². The number of rotatable bonds is 1. The fraction of sp³-hybridized carbons (Fsp3) is 0.500. The van der Waals surface area contributed by atoms with Gasteiger partial charge in [-0.05, 0) is 45.9 Å². The van der Waals surface area contributed by atoms with Gasteiger partial charge in [0.1, 0.15) is 5.60 Å². The number of hydrogen-bond donors (Lipinski definition) is 1. The van der Waals surface area contributed by atoms with E-state index in [1.54, 1.807) is 34.9 Å². The minimum Gasteiger partial charge on any atom is -0.444 e. The summed E-state index contributed by atoms with van der Waals surface area (Å²) in [7, 11) is 0. The third-order valence-electron chi connectivity index (χ3n) is 3.91. The van der Waals surface area contributed by atoms with Gasteiger partial charge in [-0.2, -0.15) is 0 Å². The van der Waals surface area contributed by atoms with Crippen LogP contribution in [0.4, 0.5) is 9.59 Å². The van der Waals surface area contributed by atoms with Crippen LogP contribution in [-0.2, 0) is 4.74 Å².